The minimum Gasteiger partial charge on any atom is -0.323 e. The van der Waals surface area contributed by atoms with Gasteiger partial charge in [0, 0.05) is 18.2 Å². The van der Waals surface area contributed by atoms with Gasteiger partial charge in [-0.25, -0.2) is 8.78 Å². The number of alkyl halides is 3. The maximum Gasteiger partial charge on any atom is 0.419 e. The Morgan fingerprint density at radius 3 is 2.46 bits per heavy atom. The molecule has 2 saturated carbocycles. The van der Waals surface area contributed by atoms with Gasteiger partial charge in [-0.15, -0.1) is 0 Å². The minimum atomic E-state index is -5.07. The number of hydrogen-bond acceptors (Lipinski definition) is 2. The van der Waals surface area contributed by atoms with Crippen molar-refractivity contribution in [2.75, 3.05) is 12.4 Å². The third-order valence-electron chi connectivity index (χ3n) is 10.1. The molecular weight excluding hydrogens is 491 g/mol. The maximum atomic E-state index is 14.5. The van der Waals surface area contributed by atoms with Crippen LogP contribution < -0.4 is 5.32 Å². The number of nitrogens with one attached hydrogen (secondary N) is 1. The number of rotatable bonds is 2. The van der Waals surface area contributed by atoms with Crippen molar-refractivity contribution in [2.45, 2.75) is 71.9 Å². The molecule has 1 aromatic rings. The number of benzene rings is 1. The van der Waals surface area contributed by atoms with Gasteiger partial charge in [-0.05, 0) is 80.8 Å². The lowest BCUT2D eigenvalue weighted by atomic mass is 9.48. The molecule has 0 radical (unpaired) electrons. The zero-order chi connectivity index (χ0) is 27.1. The normalized spacial score (nSPS) is 35.7. The fraction of sp³-hybridized carbons (Fsp3) is 0.643. The second-order valence-electron chi connectivity index (χ2n) is 12.1. The molecule has 4 nitrogen and oxygen atoms in total. The summed E-state index contributed by atoms with van der Waals surface area (Å²) in [5.74, 6) is -4.98. The highest BCUT2D eigenvalue weighted by atomic mass is 19.4. The van der Waals surface area contributed by atoms with Crippen LogP contribution in [0.3, 0.4) is 0 Å². The molecule has 3 aliphatic carbocycles. The van der Waals surface area contributed by atoms with Crippen LogP contribution in [0.25, 0.3) is 0 Å². The van der Waals surface area contributed by atoms with E-state index in [1.54, 1.807) is 11.9 Å². The van der Waals surface area contributed by atoms with Crippen LogP contribution in [-0.4, -0.2) is 23.8 Å². The molecule has 37 heavy (non-hydrogen) atoms. The molecule has 4 aliphatic rings. The molecule has 2 amide bonds. The minimum absolute atomic E-state index is 0.226. The Morgan fingerprint density at radius 2 is 1.78 bits per heavy atom. The molecule has 1 aliphatic heterocycles. The Bertz CT molecular complexity index is 1190. The highest BCUT2D eigenvalue weighted by molar-refractivity contribution is 6.07. The molecule has 5 rings (SSSR count). The highest BCUT2D eigenvalue weighted by Gasteiger charge is 2.60. The fourth-order valence-corrected chi connectivity index (χ4v) is 8.53. The van der Waals surface area contributed by atoms with Gasteiger partial charge in [0.1, 0.15) is 5.92 Å². The van der Waals surface area contributed by atoms with Gasteiger partial charge in [-0.3, -0.25) is 9.59 Å². The molecule has 202 valence electrons. The molecule has 1 N–H and O–H groups in total. The predicted molar refractivity (Wildman–Crippen MR) is 128 cm³/mol. The van der Waals surface area contributed by atoms with E-state index in [-0.39, 0.29) is 12.3 Å². The van der Waals surface area contributed by atoms with E-state index < -0.39 is 52.2 Å². The molecule has 0 spiro atoms. The lowest BCUT2D eigenvalue weighted by Crippen LogP contribution is -2.57. The van der Waals surface area contributed by atoms with Crippen molar-refractivity contribution in [1.29, 1.82) is 0 Å². The number of carbonyl (C=O) groups is 2. The summed E-state index contributed by atoms with van der Waals surface area (Å²) in [6.07, 6.45) is 1.82. The smallest absolute Gasteiger partial charge is 0.323 e. The molecular formula is C28H33F5N2O2. The molecule has 9 heteroatoms. The summed E-state index contributed by atoms with van der Waals surface area (Å²) < 4.78 is 67.4. The number of nitrogens with zero attached hydrogens (tertiary/aromatic N) is 1. The van der Waals surface area contributed by atoms with Gasteiger partial charge >= 0.3 is 6.18 Å². The first-order valence-electron chi connectivity index (χ1n) is 13.0. The standard InChI is InChI=1S/C28H33F5N2O2/c1-14-12-15-17-6-5-10-26(17,2)11-9-18(15)27(3)13-16(25(37)35(4)23(14)27)24(36)34-20-8-7-19(28(31,32)33)21(29)22(20)30/h7-8,15-18H,5-6,9-13H2,1-4H3,(H,34,36)/t15-,16?,17-,18+,26-,27+/m0/s1. The molecule has 0 bridgehead atoms. The summed E-state index contributed by atoms with van der Waals surface area (Å²) in [6.45, 7) is 6.57. The number of amides is 2. The van der Waals surface area contributed by atoms with E-state index in [4.69, 9.17) is 0 Å². The van der Waals surface area contributed by atoms with Crippen molar-refractivity contribution in [3.8, 4) is 0 Å². The van der Waals surface area contributed by atoms with Crippen molar-refractivity contribution in [2.24, 2.45) is 34.5 Å². The van der Waals surface area contributed by atoms with E-state index in [1.165, 1.54) is 19.3 Å². The van der Waals surface area contributed by atoms with E-state index in [9.17, 15) is 31.5 Å². The molecule has 1 unspecified atom stereocenters. The average molecular weight is 525 g/mol. The first-order valence-corrected chi connectivity index (χ1v) is 13.0. The third kappa shape index (κ3) is 3.90. The third-order valence-corrected chi connectivity index (χ3v) is 10.1. The number of allylic oxidation sites excluding steroid dienone is 2. The van der Waals surface area contributed by atoms with Gasteiger partial charge in [-0.1, -0.05) is 25.8 Å². The largest absolute Gasteiger partial charge is 0.419 e. The second kappa shape index (κ2) is 8.53. The Morgan fingerprint density at radius 1 is 1.08 bits per heavy atom. The van der Waals surface area contributed by atoms with Crippen LogP contribution in [0.5, 0.6) is 0 Å². The molecule has 6 atom stereocenters. The van der Waals surface area contributed by atoms with Gasteiger partial charge in [0.15, 0.2) is 11.6 Å². The van der Waals surface area contributed by atoms with Gasteiger partial charge in [0.05, 0.1) is 11.3 Å². The predicted octanol–water partition coefficient (Wildman–Crippen LogP) is 6.92. The summed E-state index contributed by atoms with van der Waals surface area (Å²) in [5, 5.41) is 2.20. The highest BCUT2D eigenvalue weighted by Crippen LogP contribution is 2.66. The van der Waals surface area contributed by atoms with Crippen LogP contribution in [0, 0.1) is 46.1 Å². The molecule has 1 heterocycles. The van der Waals surface area contributed by atoms with E-state index in [0.717, 1.165) is 30.5 Å². The van der Waals surface area contributed by atoms with Crippen LogP contribution in [-0.2, 0) is 15.8 Å². The van der Waals surface area contributed by atoms with E-state index in [1.807, 2.05) is 0 Å². The fourth-order valence-electron chi connectivity index (χ4n) is 8.53. The molecule has 1 saturated heterocycles. The number of hydrogen-bond donors (Lipinski definition) is 1. The Hall–Kier alpha value is -2.45. The number of likely N-dealkylation sites (tertiary alicyclic amines) is 1. The monoisotopic (exact) mass is 524 g/mol. The van der Waals surface area contributed by atoms with Gasteiger partial charge in [0.2, 0.25) is 11.8 Å². The van der Waals surface area contributed by atoms with E-state index in [0.29, 0.717) is 29.4 Å². The van der Waals surface area contributed by atoms with Gasteiger partial charge in [-0.2, -0.15) is 13.2 Å². The number of piperidine rings is 1. The molecule has 1 aromatic carbocycles. The molecule has 0 aromatic heterocycles. The molecule has 3 fully saturated rings. The average Bonchev–Trinajstić information content (AvgIpc) is 3.20. The summed E-state index contributed by atoms with van der Waals surface area (Å²) in [6, 6.07) is 1.08. The quantitative estimate of drug-likeness (QED) is 0.337. The Labute approximate surface area is 213 Å². The van der Waals surface area contributed by atoms with Crippen molar-refractivity contribution in [3.05, 3.63) is 40.6 Å². The van der Waals surface area contributed by atoms with Crippen molar-refractivity contribution in [1.82, 2.24) is 4.90 Å². The van der Waals surface area contributed by atoms with Crippen LogP contribution in [0.4, 0.5) is 27.6 Å². The maximum absolute atomic E-state index is 14.5. The van der Waals surface area contributed by atoms with Gasteiger partial charge in [0.25, 0.3) is 0 Å². The number of halogens is 5. The first-order chi connectivity index (χ1) is 17.2. The van der Waals surface area contributed by atoms with Crippen LogP contribution in [0.2, 0.25) is 0 Å². The summed E-state index contributed by atoms with van der Waals surface area (Å²) in [5.41, 5.74) is -0.479. The van der Waals surface area contributed by atoms with Gasteiger partial charge < -0.3 is 10.2 Å². The summed E-state index contributed by atoms with van der Waals surface area (Å²) in [4.78, 5) is 28.2. The Kier molecular flexibility index (Phi) is 6.03. The van der Waals surface area contributed by atoms with Crippen LogP contribution in [0.1, 0.15) is 71.3 Å². The lowest BCUT2D eigenvalue weighted by Gasteiger charge is -2.59. The zero-order valence-corrected chi connectivity index (χ0v) is 21.6. The zero-order valence-electron chi connectivity index (χ0n) is 21.6. The summed E-state index contributed by atoms with van der Waals surface area (Å²) in [7, 11) is 1.65. The van der Waals surface area contributed by atoms with Crippen molar-refractivity contribution < 1.29 is 31.5 Å². The number of carbonyl (C=O) groups excluding carboxylic acids is 2. The van der Waals surface area contributed by atoms with E-state index in [2.05, 4.69) is 26.1 Å². The van der Waals surface area contributed by atoms with Crippen molar-refractivity contribution >= 4 is 17.5 Å². The van der Waals surface area contributed by atoms with Crippen LogP contribution in [0.15, 0.2) is 23.4 Å². The number of anilines is 1. The second-order valence-corrected chi connectivity index (χ2v) is 12.1. The van der Waals surface area contributed by atoms with Crippen molar-refractivity contribution in [3.63, 3.8) is 0 Å². The van der Waals surface area contributed by atoms with Crippen LogP contribution >= 0.6 is 0 Å². The Balaban J connectivity index is 1.45. The SMILES string of the molecule is CC1=C2N(C)C(=O)C(C(=O)Nc3ccc(C(F)(F)F)c(F)c3F)C[C@]2(C)[C@@H]2CC[C@]3(C)CCC[C@H]3[C@@H]2C1. The van der Waals surface area contributed by atoms with E-state index >= 15 is 0 Å². The topological polar surface area (TPSA) is 49.4 Å². The summed E-state index contributed by atoms with van der Waals surface area (Å²) >= 11 is 0. The first kappa shape index (κ1) is 26.2. The lowest BCUT2D eigenvalue weighted by molar-refractivity contribution is -0.147. The number of fused-ring (bicyclic) bond motifs is 5.